The molecule has 168 valence electrons. The van der Waals surface area contributed by atoms with Gasteiger partial charge in [0.05, 0.1) is 6.10 Å². The molecule has 30 heavy (non-hydrogen) atoms. The van der Waals surface area contributed by atoms with Crippen molar-refractivity contribution in [3.63, 3.8) is 0 Å². The van der Waals surface area contributed by atoms with Gasteiger partial charge < -0.3 is 10.2 Å². The minimum absolute atomic E-state index is 0.0124. The topological polar surface area (TPSA) is 138 Å². The Kier molecular flexibility index (Phi) is 5.10. The number of hydrogen-bond acceptors (Lipinski definition) is 7. The summed E-state index contributed by atoms with van der Waals surface area (Å²) in [5.41, 5.74) is -1.91. The number of carbonyl (C=O) groups excluding carboxylic acids is 2. The fourth-order valence-corrected chi connectivity index (χ4v) is 7.65. The summed E-state index contributed by atoms with van der Waals surface area (Å²) in [4.78, 5) is 24.7. The standard InChI is InChI=1S/C21H30O8S/c1-19-7-5-13(22)9-12(19)3-4-14-15-6-8-21(25,17(24)11-29-30(26,27)28)20(15,2)10-16(23)18(14)19/h9,14-16,18,23,25H,3-8,10-11H2,1-2H3,(H,26,27,28)/t14-,15-,16-,18+,19-,20-,21-/m0/s1. The number of carbonyl (C=O) groups is 2. The van der Waals surface area contributed by atoms with E-state index in [-0.39, 0.29) is 41.8 Å². The number of allylic oxidation sites excluding steroid dienone is 1. The SMILES string of the molecule is C[C@]12CCC(=O)C=C1CC[C@@H]1[C@@H]2[C@@H](O)C[C@@]2(C)[C@H]1CC[C@]2(O)C(=O)COS(=O)(=O)O. The molecular formula is C21H30O8S. The Hall–Kier alpha value is -1.13. The van der Waals surface area contributed by atoms with Crippen LogP contribution in [0.2, 0.25) is 0 Å². The lowest BCUT2D eigenvalue weighted by molar-refractivity contribution is -0.181. The Labute approximate surface area is 176 Å². The van der Waals surface area contributed by atoms with Gasteiger partial charge in [0, 0.05) is 11.8 Å². The molecule has 3 N–H and O–H groups in total. The van der Waals surface area contributed by atoms with E-state index in [4.69, 9.17) is 4.55 Å². The maximum atomic E-state index is 12.8. The minimum Gasteiger partial charge on any atom is -0.393 e. The van der Waals surface area contributed by atoms with Crippen LogP contribution in [0.3, 0.4) is 0 Å². The highest BCUT2D eigenvalue weighted by atomic mass is 32.3. The number of Topliss-reactive ketones (excluding diaryl/α,β-unsaturated/α-hetero) is 1. The van der Waals surface area contributed by atoms with Crippen LogP contribution in [0.25, 0.3) is 0 Å². The van der Waals surface area contributed by atoms with Crippen molar-refractivity contribution in [3.05, 3.63) is 11.6 Å². The summed E-state index contributed by atoms with van der Waals surface area (Å²) in [6.45, 7) is 2.99. The van der Waals surface area contributed by atoms with Gasteiger partial charge in [-0.2, -0.15) is 8.42 Å². The van der Waals surface area contributed by atoms with Crippen molar-refractivity contribution in [2.75, 3.05) is 6.61 Å². The van der Waals surface area contributed by atoms with Gasteiger partial charge in [0.2, 0.25) is 0 Å². The van der Waals surface area contributed by atoms with E-state index in [1.54, 1.807) is 13.0 Å². The molecule has 0 aromatic heterocycles. The zero-order chi connectivity index (χ0) is 22.1. The first-order valence-corrected chi connectivity index (χ1v) is 12.0. The number of aliphatic hydroxyl groups is 2. The molecule has 3 saturated carbocycles. The first kappa shape index (κ1) is 22.1. The van der Waals surface area contributed by atoms with Gasteiger partial charge in [-0.15, -0.1) is 0 Å². The van der Waals surface area contributed by atoms with Crippen molar-refractivity contribution < 1.29 is 37.0 Å². The summed E-state index contributed by atoms with van der Waals surface area (Å²) < 4.78 is 34.8. The lowest BCUT2D eigenvalue weighted by Gasteiger charge is -2.60. The van der Waals surface area contributed by atoms with Gasteiger partial charge in [-0.3, -0.25) is 14.1 Å². The van der Waals surface area contributed by atoms with Crippen LogP contribution in [0, 0.1) is 28.6 Å². The summed E-state index contributed by atoms with van der Waals surface area (Å²) in [7, 11) is -4.80. The molecular weight excluding hydrogens is 412 g/mol. The summed E-state index contributed by atoms with van der Waals surface area (Å²) >= 11 is 0. The Morgan fingerprint density at radius 1 is 1.23 bits per heavy atom. The molecule has 0 bridgehead atoms. The zero-order valence-corrected chi connectivity index (χ0v) is 18.2. The van der Waals surface area contributed by atoms with Crippen LogP contribution < -0.4 is 0 Å². The average Bonchev–Trinajstić information content (AvgIpc) is 2.91. The molecule has 4 aliphatic carbocycles. The average molecular weight is 443 g/mol. The van der Waals surface area contributed by atoms with Crippen LogP contribution in [-0.2, 0) is 24.2 Å². The maximum Gasteiger partial charge on any atom is 0.397 e. The normalized spacial score (nSPS) is 45.9. The summed E-state index contributed by atoms with van der Waals surface area (Å²) in [5.74, 6) is -0.618. The predicted octanol–water partition coefficient (Wildman–Crippen LogP) is 1.61. The van der Waals surface area contributed by atoms with E-state index in [1.807, 2.05) is 0 Å². The van der Waals surface area contributed by atoms with Crippen molar-refractivity contribution in [2.24, 2.45) is 28.6 Å². The van der Waals surface area contributed by atoms with E-state index in [0.717, 1.165) is 18.4 Å². The quantitative estimate of drug-likeness (QED) is 0.558. The molecule has 0 aliphatic heterocycles. The Morgan fingerprint density at radius 3 is 2.60 bits per heavy atom. The highest BCUT2D eigenvalue weighted by Crippen LogP contribution is 2.67. The monoisotopic (exact) mass is 442 g/mol. The van der Waals surface area contributed by atoms with Crippen molar-refractivity contribution >= 4 is 22.0 Å². The molecule has 0 aromatic carbocycles. The van der Waals surface area contributed by atoms with Crippen molar-refractivity contribution in [2.45, 2.75) is 70.5 Å². The third kappa shape index (κ3) is 3.12. The number of aliphatic hydroxyl groups excluding tert-OH is 1. The van der Waals surface area contributed by atoms with Crippen molar-refractivity contribution in [1.82, 2.24) is 0 Å². The predicted molar refractivity (Wildman–Crippen MR) is 106 cm³/mol. The molecule has 0 radical (unpaired) electrons. The first-order chi connectivity index (χ1) is 13.8. The van der Waals surface area contributed by atoms with Gasteiger partial charge >= 0.3 is 10.4 Å². The van der Waals surface area contributed by atoms with Gasteiger partial charge in [0.25, 0.3) is 0 Å². The molecule has 0 unspecified atom stereocenters. The molecule has 0 heterocycles. The van der Waals surface area contributed by atoms with E-state index in [0.29, 0.717) is 19.3 Å². The Balaban J connectivity index is 1.65. The van der Waals surface area contributed by atoms with E-state index in [1.165, 1.54) is 0 Å². The molecule has 8 nitrogen and oxygen atoms in total. The van der Waals surface area contributed by atoms with Gasteiger partial charge in [-0.05, 0) is 67.8 Å². The highest BCUT2D eigenvalue weighted by Gasteiger charge is 2.68. The molecule has 3 fully saturated rings. The second-order valence-electron chi connectivity index (χ2n) is 10.1. The second kappa shape index (κ2) is 6.93. The summed E-state index contributed by atoms with van der Waals surface area (Å²) in [6.07, 6.45) is 4.67. The van der Waals surface area contributed by atoms with Gasteiger partial charge in [-0.25, -0.2) is 4.18 Å². The summed E-state index contributed by atoms with van der Waals surface area (Å²) in [6, 6.07) is 0. The molecule has 4 aliphatic rings. The Bertz CT molecular complexity index is 910. The molecule has 9 heteroatoms. The maximum absolute atomic E-state index is 12.8. The fraction of sp³-hybridized carbons (Fsp3) is 0.810. The largest absolute Gasteiger partial charge is 0.397 e. The number of fused-ring (bicyclic) bond motifs is 5. The summed E-state index contributed by atoms with van der Waals surface area (Å²) in [5, 5.41) is 22.6. The van der Waals surface area contributed by atoms with Crippen LogP contribution in [0.4, 0.5) is 0 Å². The third-order valence-corrected chi connectivity index (χ3v) is 9.26. The number of ketones is 2. The minimum atomic E-state index is -4.80. The van der Waals surface area contributed by atoms with Crippen LogP contribution in [-0.4, -0.2) is 53.1 Å². The van der Waals surface area contributed by atoms with Crippen molar-refractivity contribution in [3.8, 4) is 0 Å². The van der Waals surface area contributed by atoms with Crippen molar-refractivity contribution in [1.29, 1.82) is 0 Å². The van der Waals surface area contributed by atoms with E-state index in [9.17, 15) is 28.2 Å². The highest BCUT2D eigenvalue weighted by molar-refractivity contribution is 7.80. The molecule has 4 rings (SSSR count). The fourth-order valence-electron chi connectivity index (χ4n) is 7.40. The molecule has 0 saturated heterocycles. The van der Waals surface area contributed by atoms with E-state index >= 15 is 0 Å². The van der Waals surface area contributed by atoms with Crippen LogP contribution in [0.15, 0.2) is 11.6 Å². The van der Waals surface area contributed by atoms with Gasteiger partial charge in [0.1, 0.15) is 12.2 Å². The number of hydrogen-bond donors (Lipinski definition) is 3. The lowest BCUT2D eigenvalue weighted by Crippen LogP contribution is -2.62. The smallest absolute Gasteiger partial charge is 0.393 e. The molecule has 0 aromatic rings. The van der Waals surface area contributed by atoms with Crippen LogP contribution in [0.5, 0.6) is 0 Å². The molecule has 0 spiro atoms. The first-order valence-electron chi connectivity index (χ1n) is 10.6. The molecule has 0 amide bonds. The van der Waals surface area contributed by atoms with Gasteiger partial charge in [-0.1, -0.05) is 19.4 Å². The second-order valence-corrected chi connectivity index (χ2v) is 11.2. The lowest BCUT2D eigenvalue weighted by atomic mass is 9.45. The van der Waals surface area contributed by atoms with E-state index in [2.05, 4.69) is 11.1 Å². The Morgan fingerprint density at radius 2 is 1.93 bits per heavy atom. The van der Waals surface area contributed by atoms with E-state index < -0.39 is 39.9 Å². The van der Waals surface area contributed by atoms with Crippen LogP contribution >= 0.6 is 0 Å². The van der Waals surface area contributed by atoms with Gasteiger partial charge in [0.15, 0.2) is 11.6 Å². The molecule has 7 atom stereocenters. The zero-order valence-electron chi connectivity index (χ0n) is 17.3. The number of rotatable bonds is 4. The van der Waals surface area contributed by atoms with Crippen LogP contribution in [0.1, 0.15) is 58.8 Å². The third-order valence-electron chi connectivity index (χ3n) is 8.85.